The molecule has 0 aliphatic rings. The van der Waals surface area contributed by atoms with Gasteiger partial charge in [0.2, 0.25) is 5.91 Å². The molecule has 2 amide bonds. The number of alkyl carbamates (subject to hydrolysis) is 1. The molecule has 0 unspecified atom stereocenters. The molecular weight excluding hydrogens is 556 g/mol. The number of amides is 2. The molecule has 2 aromatic rings. The molecule has 2 rings (SSSR count). The second kappa shape index (κ2) is 18.6. The minimum Gasteiger partial charge on any atom is -0.461 e. The first-order chi connectivity index (χ1) is 20.5. The van der Waals surface area contributed by atoms with E-state index in [1.54, 1.807) is 34.6 Å². The zero-order valence-electron chi connectivity index (χ0n) is 25.7. The van der Waals surface area contributed by atoms with E-state index in [9.17, 15) is 19.2 Å². The molecule has 0 heterocycles. The summed E-state index contributed by atoms with van der Waals surface area (Å²) in [6, 6.07) is 17.1. The Morgan fingerprint density at radius 3 is 1.79 bits per heavy atom. The number of rotatable bonds is 17. The highest BCUT2D eigenvalue weighted by Gasteiger charge is 2.32. The van der Waals surface area contributed by atoms with Crippen LogP contribution in [0.3, 0.4) is 0 Å². The van der Waals surface area contributed by atoms with Crippen molar-refractivity contribution in [1.29, 1.82) is 0 Å². The first kappa shape index (κ1) is 35.2. The van der Waals surface area contributed by atoms with Crippen LogP contribution in [0.2, 0.25) is 0 Å². The van der Waals surface area contributed by atoms with Crippen molar-refractivity contribution < 1.29 is 42.9 Å². The second-order valence-electron chi connectivity index (χ2n) is 10.6. The van der Waals surface area contributed by atoms with Gasteiger partial charge in [-0.15, -0.1) is 0 Å². The summed E-state index contributed by atoms with van der Waals surface area (Å²) in [5.41, 5.74) is 0.768. The van der Waals surface area contributed by atoms with E-state index in [4.69, 9.17) is 23.7 Å². The molecule has 11 heteroatoms. The molecule has 1 atom stereocenters. The molecule has 43 heavy (non-hydrogen) atoms. The Morgan fingerprint density at radius 1 is 0.791 bits per heavy atom. The summed E-state index contributed by atoms with van der Waals surface area (Å²) in [6.45, 7) is 8.77. The van der Waals surface area contributed by atoms with Crippen molar-refractivity contribution in [3.8, 4) is 0 Å². The van der Waals surface area contributed by atoms with Crippen molar-refractivity contribution in [3.05, 3.63) is 71.8 Å². The maximum atomic E-state index is 13.9. The van der Waals surface area contributed by atoms with Gasteiger partial charge in [0.15, 0.2) is 6.29 Å². The lowest BCUT2D eigenvalue weighted by Gasteiger charge is -2.30. The van der Waals surface area contributed by atoms with Crippen molar-refractivity contribution >= 4 is 23.9 Å². The lowest BCUT2D eigenvalue weighted by Crippen LogP contribution is -2.53. The largest absolute Gasteiger partial charge is 0.461 e. The Kier molecular flexibility index (Phi) is 15.2. The van der Waals surface area contributed by atoms with E-state index < -0.39 is 48.4 Å². The van der Waals surface area contributed by atoms with Crippen LogP contribution in [0.4, 0.5) is 4.79 Å². The van der Waals surface area contributed by atoms with Crippen molar-refractivity contribution in [1.82, 2.24) is 10.2 Å². The highest BCUT2D eigenvalue weighted by Crippen LogP contribution is 2.12. The molecule has 0 saturated heterocycles. The van der Waals surface area contributed by atoms with Crippen molar-refractivity contribution in [2.75, 3.05) is 26.3 Å². The number of hydrogen-bond donors (Lipinski definition) is 1. The van der Waals surface area contributed by atoms with E-state index in [2.05, 4.69) is 5.32 Å². The monoisotopic (exact) mass is 600 g/mol. The first-order valence-electron chi connectivity index (χ1n) is 14.4. The Morgan fingerprint density at radius 2 is 1.30 bits per heavy atom. The van der Waals surface area contributed by atoms with Crippen LogP contribution in [0.5, 0.6) is 0 Å². The van der Waals surface area contributed by atoms with Crippen molar-refractivity contribution in [2.24, 2.45) is 0 Å². The number of carbonyl (C=O) groups is 4. The molecule has 11 nitrogen and oxygen atoms in total. The standard InChI is InChI=1S/C32H44N2O9/c1-6-39-29(40-7-2)21-34(20-28(36)42-23-25-16-12-9-13-17-25)30(37)26(33-31(38)43-32(3,4)5)18-19-27(35)41-22-24-14-10-8-11-15-24/h8-17,26,29H,6-7,18-23H2,1-5H3,(H,33,38)/t26-/m0/s1. The fourth-order valence-corrected chi connectivity index (χ4v) is 3.88. The van der Waals surface area contributed by atoms with Crippen molar-refractivity contribution in [3.63, 3.8) is 0 Å². The fraction of sp³-hybridized carbons (Fsp3) is 0.500. The molecule has 0 fully saturated rings. The Labute approximate surface area is 253 Å². The summed E-state index contributed by atoms with van der Waals surface area (Å²) in [4.78, 5) is 53.2. The molecule has 0 aliphatic carbocycles. The Bertz CT molecular complexity index is 1130. The number of carbonyl (C=O) groups excluding carboxylic acids is 4. The fourth-order valence-electron chi connectivity index (χ4n) is 3.88. The summed E-state index contributed by atoms with van der Waals surface area (Å²) in [5.74, 6) is -1.85. The van der Waals surface area contributed by atoms with Crippen LogP contribution in [-0.2, 0) is 51.3 Å². The molecule has 0 saturated carbocycles. The number of ether oxygens (including phenoxy) is 5. The molecule has 0 bridgehead atoms. The average molecular weight is 601 g/mol. The van der Waals surface area contributed by atoms with E-state index in [0.717, 1.165) is 11.1 Å². The van der Waals surface area contributed by atoms with Gasteiger partial charge in [-0.3, -0.25) is 14.4 Å². The average Bonchev–Trinajstić information content (AvgIpc) is 2.97. The number of nitrogens with one attached hydrogen (secondary N) is 1. The van der Waals surface area contributed by atoms with Gasteiger partial charge in [-0.25, -0.2) is 4.79 Å². The van der Waals surface area contributed by atoms with E-state index in [1.807, 2.05) is 60.7 Å². The minimum atomic E-state index is -1.22. The predicted molar refractivity (Wildman–Crippen MR) is 158 cm³/mol. The van der Waals surface area contributed by atoms with Crippen LogP contribution >= 0.6 is 0 Å². The van der Waals surface area contributed by atoms with Crippen molar-refractivity contribution in [2.45, 2.75) is 78.6 Å². The van der Waals surface area contributed by atoms with Crippen LogP contribution in [0.1, 0.15) is 58.6 Å². The lowest BCUT2D eigenvalue weighted by molar-refractivity contribution is -0.166. The Balaban J connectivity index is 2.20. The van der Waals surface area contributed by atoms with E-state index >= 15 is 0 Å². The first-order valence-corrected chi connectivity index (χ1v) is 14.4. The second-order valence-corrected chi connectivity index (χ2v) is 10.6. The van der Waals surface area contributed by atoms with Gasteiger partial charge in [0.1, 0.15) is 31.4 Å². The number of esters is 2. The number of benzene rings is 2. The summed E-state index contributed by atoms with van der Waals surface area (Å²) in [5, 5.41) is 2.56. The van der Waals surface area contributed by atoms with Gasteiger partial charge in [-0.2, -0.15) is 0 Å². The van der Waals surface area contributed by atoms with E-state index in [1.165, 1.54) is 4.90 Å². The summed E-state index contributed by atoms with van der Waals surface area (Å²) in [6.07, 6.45) is -1.96. The van der Waals surface area contributed by atoms with Crippen LogP contribution in [-0.4, -0.2) is 73.1 Å². The minimum absolute atomic E-state index is 0.0227. The third kappa shape index (κ3) is 14.7. The summed E-state index contributed by atoms with van der Waals surface area (Å²) < 4.78 is 27.4. The maximum absolute atomic E-state index is 13.9. The quantitative estimate of drug-likeness (QED) is 0.160. The molecule has 0 radical (unpaired) electrons. The van der Waals surface area contributed by atoms with Gasteiger partial charge < -0.3 is 33.9 Å². The third-order valence-electron chi connectivity index (χ3n) is 5.82. The highest BCUT2D eigenvalue weighted by molar-refractivity contribution is 5.89. The highest BCUT2D eigenvalue weighted by atomic mass is 16.7. The van der Waals surface area contributed by atoms with E-state index in [0.29, 0.717) is 13.2 Å². The van der Waals surface area contributed by atoms with Gasteiger partial charge in [0.05, 0.1) is 6.54 Å². The molecule has 2 aromatic carbocycles. The molecular formula is C32H44N2O9. The summed E-state index contributed by atoms with van der Waals surface area (Å²) in [7, 11) is 0. The van der Waals surface area contributed by atoms with Gasteiger partial charge in [-0.05, 0) is 52.2 Å². The predicted octanol–water partition coefficient (Wildman–Crippen LogP) is 4.37. The molecule has 1 N–H and O–H groups in total. The molecule has 0 spiro atoms. The van der Waals surface area contributed by atoms with Gasteiger partial charge >= 0.3 is 18.0 Å². The normalized spacial score (nSPS) is 11.9. The SMILES string of the molecule is CCOC(CN(CC(=O)OCc1ccccc1)C(=O)[C@H](CCC(=O)OCc1ccccc1)NC(=O)OC(C)(C)C)OCC. The Hall–Kier alpha value is -3.96. The number of hydrogen-bond acceptors (Lipinski definition) is 9. The van der Waals surface area contributed by atoms with Gasteiger partial charge in [0, 0.05) is 19.6 Å². The van der Waals surface area contributed by atoms with Crippen LogP contribution in [0.15, 0.2) is 60.7 Å². The zero-order valence-corrected chi connectivity index (χ0v) is 25.7. The summed E-state index contributed by atoms with van der Waals surface area (Å²) >= 11 is 0. The number of nitrogens with zero attached hydrogens (tertiary/aromatic N) is 1. The third-order valence-corrected chi connectivity index (χ3v) is 5.82. The lowest BCUT2D eigenvalue weighted by atomic mass is 10.1. The van der Waals surface area contributed by atoms with Gasteiger partial charge in [-0.1, -0.05) is 60.7 Å². The topological polar surface area (TPSA) is 130 Å². The van der Waals surface area contributed by atoms with Gasteiger partial charge in [0.25, 0.3) is 0 Å². The maximum Gasteiger partial charge on any atom is 0.408 e. The zero-order chi connectivity index (χ0) is 31.7. The molecule has 236 valence electrons. The van der Waals surface area contributed by atoms with E-state index in [-0.39, 0.29) is 32.6 Å². The molecule has 0 aromatic heterocycles. The smallest absolute Gasteiger partial charge is 0.408 e. The van der Waals surface area contributed by atoms with Crippen LogP contribution in [0, 0.1) is 0 Å². The van der Waals surface area contributed by atoms with Crippen LogP contribution < -0.4 is 5.32 Å². The van der Waals surface area contributed by atoms with Crippen LogP contribution in [0.25, 0.3) is 0 Å². The molecule has 0 aliphatic heterocycles.